The molecule has 0 saturated heterocycles. The molecule has 2 aromatic heterocycles. The van der Waals surface area contributed by atoms with Gasteiger partial charge >= 0.3 is 11.9 Å². The number of pyridine rings is 1. The zero-order valence-electron chi connectivity index (χ0n) is 14.1. The van der Waals surface area contributed by atoms with Crippen molar-refractivity contribution in [1.29, 1.82) is 0 Å². The molecule has 0 saturated carbocycles. The summed E-state index contributed by atoms with van der Waals surface area (Å²) in [6.07, 6.45) is 2.75. The van der Waals surface area contributed by atoms with Gasteiger partial charge in [-0.25, -0.2) is 4.98 Å². The van der Waals surface area contributed by atoms with Crippen molar-refractivity contribution in [1.82, 2.24) is 14.8 Å². The highest BCUT2D eigenvalue weighted by molar-refractivity contribution is 6.29. The normalized spacial score (nSPS) is 10.5. The fourth-order valence-electron chi connectivity index (χ4n) is 2.14. The number of halogens is 1. The summed E-state index contributed by atoms with van der Waals surface area (Å²) in [5.41, 5.74) is 0.516. The van der Waals surface area contributed by atoms with Crippen molar-refractivity contribution in [2.24, 2.45) is 0 Å². The molecule has 0 bridgehead atoms. The first-order valence-electron chi connectivity index (χ1n) is 7.54. The van der Waals surface area contributed by atoms with E-state index in [4.69, 9.17) is 11.6 Å². The Morgan fingerprint density at radius 3 is 2.42 bits per heavy atom. The average molecular weight is 381 g/mol. The van der Waals surface area contributed by atoms with E-state index in [-0.39, 0.29) is 23.7 Å². The van der Waals surface area contributed by atoms with Gasteiger partial charge in [0.2, 0.25) is 0 Å². The van der Waals surface area contributed by atoms with Crippen LogP contribution in [-0.2, 0) is 19.1 Å². The maximum absolute atomic E-state index is 12.2. The van der Waals surface area contributed by atoms with E-state index >= 15 is 0 Å². The summed E-state index contributed by atoms with van der Waals surface area (Å²) >= 11 is 5.77. The second-order valence-electron chi connectivity index (χ2n) is 5.22. The molecule has 0 fully saturated rings. The fraction of sp³-hybridized carbons (Fsp3) is 0.312. The predicted octanol–water partition coefficient (Wildman–Crippen LogP) is 1.85. The van der Waals surface area contributed by atoms with Crippen LogP contribution in [0.15, 0.2) is 30.6 Å². The number of amides is 1. The summed E-state index contributed by atoms with van der Waals surface area (Å²) in [6, 6.07) is 4.07. The van der Waals surface area contributed by atoms with Gasteiger partial charge in [-0.1, -0.05) is 17.7 Å². The first-order valence-corrected chi connectivity index (χ1v) is 7.92. The number of nitrogens with zero attached hydrogens (tertiary/aromatic N) is 3. The second-order valence-corrected chi connectivity index (χ2v) is 5.61. The van der Waals surface area contributed by atoms with Gasteiger partial charge in [-0.15, -0.1) is 0 Å². The van der Waals surface area contributed by atoms with Crippen LogP contribution in [-0.4, -0.2) is 46.8 Å². The number of carbonyl (C=O) groups is 3. The van der Waals surface area contributed by atoms with Crippen LogP contribution in [0.2, 0.25) is 5.15 Å². The molecule has 1 amide bonds. The monoisotopic (exact) mass is 380 g/mol. The van der Waals surface area contributed by atoms with E-state index in [1.54, 1.807) is 12.1 Å². The van der Waals surface area contributed by atoms with Gasteiger partial charge in [-0.3, -0.25) is 19.1 Å². The predicted molar refractivity (Wildman–Crippen MR) is 91.7 cm³/mol. The van der Waals surface area contributed by atoms with Crippen molar-refractivity contribution in [3.8, 4) is 0 Å². The molecular formula is C16H17ClN4O5. The summed E-state index contributed by atoms with van der Waals surface area (Å²) in [6.45, 7) is 0. The zero-order valence-corrected chi connectivity index (χ0v) is 14.9. The lowest BCUT2D eigenvalue weighted by atomic mass is 10.1. The Labute approximate surface area is 154 Å². The van der Waals surface area contributed by atoms with E-state index < -0.39 is 23.9 Å². The van der Waals surface area contributed by atoms with Gasteiger partial charge in [-0.05, 0) is 12.1 Å². The molecule has 0 aromatic carbocycles. The smallest absolute Gasteiger partial charge is 0.307 e. The maximum atomic E-state index is 12.2. The van der Waals surface area contributed by atoms with Gasteiger partial charge in [-0.2, -0.15) is 5.10 Å². The van der Waals surface area contributed by atoms with Crippen molar-refractivity contribution in [2.45, 2.75) is 18.9 Å². The highest BCUT2D eigenvalue weighted by Crippen LogP contribution is 2.20. The first-order chi connectivity index (χ1) is 12.4. The standard InChI is InChI=1S/C16H17ClN4O5/c1-25-14(22)6-11(7-15(23)26-2)21-9-10(8-18-21)19-16(24)12-4-3-5-13(17)20-12/h3-5,8-9,11H,6-7H2,1-2H3,(H,19,24). The van der Waals surface area contributed by atoms with E-state index in [1.807, 2.05) is 0 Å². The number of methoxy groups -OCH3 is 2. The second kappa shape index (κ2) is 8.95. The number of rotatable bonds is 7. The number of nitrogens with one attached hydrogen (secondary N) is 1. The van der Waals surface area contributed by atoms with E-state index in [0.29, 0.717) is 5.69 Å². The minimum atomic E-state index is -0.607. The van der Waals surface area contributed by atoms with Crippen LogP contribution in [0, 0.1) is 0 Å². The number of anilines is 1. The number of carbonyl (C=O) groups excluding carboxylic acids is 3. The van der Waals surface area contributed by atoms with Crippen molar-refractivity contribution < 1.29 is 23.9 Å². The molecule has 138 valence electrons. The molecule has 10 heteroatoms. The van der Waals surface area contributed by atoms with E-state index in [1.165, 1.54) is 37.4 Å². The number of esters is 2. The molecule has 2 heterocycles. The van der Waals surface area contributed by atoms with Gasteiger partial charge in [0.25, 0.3) is 5.91 Å². The molecule has 0 radical (unpaired) electrons. The Kier molecular flexibility index (Phi) is 6.67. The molecule has 0 aliphatic heterocycles. The zero-order chi connectivity index (χ0) is 19.1. The lowest BCUT2D eigenvalue weighted by Crippen LogP contribution is -2.19. The minimum Gasteiger partial charge on any atom is -0.469 e. The Morgan fingerprint density at radius 2 is 1.85 bits per heavy atom. The highest BCUT2D eigenvalue weighted by atomic mass is 35.5. The summed E-state index contributed by atoms with van der Waals surface area (Å²) in [5, 5.41) is 6.91. The summed E-state index contributed by atoms with van der Waals surface area (Å²) in [7, 11) is 2.51. The Hall–Kier alpha value is -2.94. The molecule has 0 unspecified atom stereocenters. The summed E-state index contributed by atoms with van der Waals surface area (Å²) < 4.78 is 10.7. The van der Waals surface area contributed by atoms with Crippen LogP contribution < -0.4 is 5.32 Å². The van der Waals surface area contributed by atoms with Crippen LogP contribution in [0.1, 0.15) is 29.4 Å². The number of aromatic nitrogens is 3. The molecule has 2 aromatic rings. The molecule has 2 rings (SSSR count). The van der Waals surface area contributed by atoms with Crippen molar-refractivity contribution in [3.63, 3.8) is 0 Å². The van der Waals surface area contributed by atoms with Gasteiger partial charge < -0.3 is 14.8 Å². The molecule has 1 N–H and O–H groups in total. The Morgan fingerprint density at radius 1 is 1.19 bits per heavy atom. The van der Waals surface area contributed by atoms with Crippen LogP contribution in [0.4, 0.5) is 5.69 Å². The molecular weight excluding hydrogens is 364 g/mol. The van der Waals surface area contributed by atoms with Crippen molar-refractivity contribution >= 4 is 35.1 Å². The molecule has 26 heavy (non-hydrogen) atoms. The molecule has 0 aliphatic carbocycles. The van der Waals surface area contributed by atoms with Gasteiger partial charge in [0.15, 0.2) is 0 Å². The Bertz CT molecular complexity index is 789. The largest absolute Gasteiger partial charge is 0.469 e. The molecule has 9 nitrogen and oxygen atoms in total. The van der Waals surface area contributed by atoms with E-state index in [0.717, 1.165) is 0 Å². The average Bonchev–Trinajstić information content (AvgIpc) is 3.09. The minimum absolute atomic E-state index is 0.0729. The van der Waals surface area contributed by atoms with E-state index in [2.05, 4.69) is 24.9 Å². The highest BCUT2D eigenvalue weighted by Gasteiger charge is 2.22. The van der Waals surface area contributed by atoms with Crippen LogP contribution in [0.5, 0.6) is 0 Å². The van der Waals surface area contributed by atoms with Gasteiger partial charge in [0.1, 0.15) is 10.8 Å². The third kappa shape index (κ3) is 5.28. The van der Waals surface area contributed by atoms with E-state index in [9.17, 15) is 14.4 Å². The summed E-state index contributed by atoms with van der Waals surface area (Å²) in [4.78, 5) is 39.2. The lowest BCUT2D eigenvalue weighted by Gasteiger charge is -2.15. The van der Waals surface area contributed by atoms with Crippen LogP contribution in [0.25, 0.3) is 0 Å². The van der Waals surface area contributed by atoms with Crippen molar-refractivity contribution in [2.75, 3.05) is 19.5 Å². The van der Waals surface area contributed by atoms with Gasteiger partial charge in [0, 0.05) is 6.20 Å². The number of hydrogen-bond donors (Lipinski definition) is 1. The molecule has 0 atom stereocenters. The lowest BCUT2D eigenvalue weighted by molar-refractivity contribution is -0.144. The fourth-order valence-corrected chi connectivity index (χ4v) is 2.31. The SMILES string of the molecule is COC(=O)CC(CC(=O)OC)n1cc(NC(=O)c2cccc(Cl)n2)cn1. The number of hydrogen-bond acceptors (Lipinski definition) is 7. The Balaban J connectivity index is 2.12. The third-order valence-electron chi connectivity index (χ3n) is 3.44. The maximum Gasteiger partial charge on any atom is 0.307 e. The topological polar surface area (TPSA) is 112 Å². The third-order valence-corrected chi connectivity index (χ3v) is 3.65. The molecule has 0 spiro atoms. The van der Waals surface area contributed by atoms with Crippen molar-refractivity contribution in [3.05, 3.63) is 41.4 Å². The quantitative estimate of drug-likeness (QED) is 0.576. The van der Waals surface area contributed by atoms with Crippen LogP contribution in [0.3, 0.4) is 0 Å². The summed E-state index contributed by atoms with van der Waals surface area (Å²) in [5.74, 6) is -1.46. The number of ether oxygens (including phenoxy) is 2. The molecule has 0 aliphatic rings. The first kappa shape index (κ1) is 19.4. The van der Waals surface area contributed by atoms with Crippen LogP contribution >= 0.6 is 11.6 Å². The van der Waals surface area contributed by atoms with Gasteiger partial charge in [0.05, 0.1) is 45.0 Å².